The molecule has 0 aromatic carbocycles. The van der Waals surface area contributed by atoms with Crippen molar-refractivity contribution in [1.82, 2.24) is 0 Å². The molecule has 0 spiro atoms. The summed E-state index contributed by atoms with van der Waals surface area (Å²) in [7, 11) is -1.27. The smallest absolute Gasteiger partial charge is 0.158 e. The second kappa shape index (κ2) is 5.31. The van der Waals surface area contributed by atoms with Crippen molar-refractivity contribution in [2.45, 2.75) is 65.8 Å². The predicted molar refractivity (Wildman–Crippen MR) is 77.4 cm³/mol. The number of hydrogen-bond donors (Lipinski definition) is 0. The number of rotatable bonds is 1. The standard InChI is InChI=1S/C15H26OSi/c1-15(2,3)12-14-9-7-8-13(16-14)10-11-17(4,5)6/h9,13H,7-8,12H2,1-6H3/t13-/m1/s1. The number of ether oxygens (including phenoxy) is 1. The van der Waals surface area contributed by atoms with Crippen LogP contribution < -0.4 is 0 Å². The fourth-order valence-electron chi connectivity index (χ4n) is 1.72. The van der Waals surface area contributed by atoms with Crippen LogP contribution in [0.3, 0.4) is 0 Å². The second-order valence-corrected chi connectivity index (χ2v) is 11.9. The molecule has 1 nitrogen and oxygen atoms in total. The van der Waals surface area contributed by atoms with Gasteiger partial charge in [0.1, 0.15) is 8.07 Å². The van der Waals surface area contributed by atoms with Gasteiger partial charge in [0.2, 0.25) is 0 Å². The Balaban J connectivity index is 2.59. The Hall–Kier alpha value is -0.683. The van der Waals surface area contributed by atoms with E-state index >= 15 is 0 Å². The summed E-state index contributed by atoms with van der Waals surface area (Å²) in [6, 6.07) is 0. The average Bonchev–Trinajstić information content (AvgIpc) is 2.11. The van der Waals surface area contributed by atoms with Crippen LogP contribution in [0.2, 0.25) is 19.6 Å². The van der Waals surface area contributed by atoms with Crippen LogP contribution >= 0.6 is 0 Å². The zero-order valence-electron chi connectivity index (χ0n) is 12.2. The molecule has 1 atom stereocenters. The van der Waals surface area contributed by atoms with Crippen LogP contribution in [0.4, 0.5) is 0 Å². The molecule has 0 aromatic heterocycles. The molecule has 0 saturated carbocycles. The summed E-state index contributed by atoms with van der Waals surface area (Å²) in [4.78, 5) is 0. The van der Waals surface area contributed by atoms with E-state index in [0.29, 0.717) is 5.41 Å². The van der Waals surface area contributed by atoms with E-state index in [2.05, 4.69) is 58.0 Å². The first-order valence-electron chi connectivity index (χ1n) is 6.54. The van der Waals surface area contributed by atoms with Gasteiger partial charge < -0.3 is 4.74 Å². The molecule has 0 unspecified atom stereocenters. The lowest BCUT2D eigenvalue weighted by Crippen LogP contribution is -2.21. The molecular formula is C15H26OSi. The predicted octanol–water partition coefficient (Wildman–Crippen LogP) is 4.37. The van der Waals surface area contributed by atoms with Gasteiger partial charge in [-0.3, -0.25) is 0 Å². The zero-order valence-corrected chi connectivity index (χ0v) is 13.2. The molecule has 17 heavy (non-hydrogen) atoms. The van der Waals surface area contributed by atoms with Crippen LogP contribution in [0.25, 0.3) is 0 Å². The minimum absolute atomic E-state index is 0.129. The molecule has 0 bridgehead atoms. The minimum atomic E-state index is -1.27. The molecule has 1 heterocycles. The first-order chi connectivity index (χ1) is 7.66. The monoisotopic (exact) mass is 250 g/mol. The summed E-state index contributed by atoms with van der Waals surface area (Å²) in [5.41, 5.74) is 3.70. The van der Waals surface area contributed by atoms with Crippen LogP contribution in [-0.4, -0.2) is 14.2 Å². The Morgan fingerprint density at radius 1 is 1.35 bits per heavy atom. The molecule has 0 saturated heterocycles. The van der Waals surface area contributed by atoms with Crippen molar-refractivity contribution >= 4 is 8.07 Å². The molecule has 0 radical (unpaired) electrons. The lowest BCUT2D eigenvalue weighted by Gasteiger charge is -2.26. The molecule has 2 heteroatoms. The Bertz CT molecular complexity index is 344. The summed E-state index contributed by atoms with van der Waals surface area (Å²) < 4.78 is 5.97. The third-order valence-corrected chi connectivity index (χ3v) is 3.30. The fraction of sp³-hybridized carbons (Fsp3) is 0.733. The van der Waals surface area contributed by atoms with Crippen molar-refractivity contribution < 1.29 is 4.74 Å². The van der Waals surface area contributed by atoms with E-state index in [1.54, 1.807) is 0 Å². The van der Waals surface area contributed by atoms with Gasteiger partial charge in [0, 0.05) is 6.42 Å². The van der Waals surface area contributed by atoms with Gasteiger partial charge in [-0.25, -0.2) is 0 Å². The van der Waals surface area contributed by atoms with Crippen LogP contribution in [0.15, 0.2) is 11.8 Å². The lowest BCUT2D eigenvalue weighted by atomic mass is 9.90. The van der Waals surface area contributed by atoms with E-state index in [4.69, 9.17) is 4.74 Å². The lowest BCUT2D eigenvalue weighted by molar-refractivity contribution is 0.118. The fourth-order valence-corrected chi connectivity index (χ4v) is 2.31. The van der Waals surface area contributed by atoms with Gasteiger partial charge >= 0.3 is 0 Å². The Morgan fingerprint density at radius 3 is 2.53 bits per heavy atom. The van der Waals surface area contributed by atoms with Gasteiger partial charge in [-0.15, -0.1) is 5.54 Å². The highest BCUT2D eigenvalue weighted by Gasteiger charge is 2.20. The zero-order chi connectivity index (χ0) is 13.1. The second-order valence-electron chi connectivity index (χ2n) is 7.11. The molecule has 1 aliphatic heterocycles. The van der Waals surface area contributed by atoms with Crippen molar-refractivity contribution in [3.63, 3.8) is 0 Å². The highest BCUT2D eigenvalue weighted by molar-refractivity contribution is 6.83. The molecule has 1 rings (SSSR count). The van der Waals surface area contributed by atoms with E-state index in [0.717, 1.165) is 25.0 Å². The first-order valence-corrected chi connectivity index (χ1v) is 10.0. The van der Waals surface area contributed by atoms with Crippen molar-refractivity contribution in [2.24, 2.45) is 5.41 Å². The summed E-state index contributed by atoms with van der Waals surface area (Å²) in [6.07, 6.45) is 5.53. The summed E-state index contributed by atoms with van der Waals surface area (Å²) in [5.74, 6) is 4.46. The summed E-state index contributed by atoms with van der Waals surface area (Å²) >= 11 is 0. The molecule has 0 amide bonds. The van der Waals surface area contributed by atoms with Crippen molar-refractivity contribution in [1.29, 1.82) is 0 Å². The van der Waals surface area contributed by atoms with Crippen LogP contribution in [0.1, 0.15) is 40.0 Å². The Kier molecular flexibility index (Phi) is 4.49. The van der Waals surface area contributed by atoms with Crippen molar-refractivity contribution in [2.75, 3.05) is 0 Å². The van der Waals surface area contributed by atoms with Gasteiger partial charge in [-0.05, 0) is 24.3 Å². The molecule has 1 aliphatic rings. The topological polar surface area (TPSA) is 9.23 Å². The highest BCUT2D eigenvalue weighted by Crippen LogP contribution is 2.28. The van der Waals surface area contributed by atoms with Gasteiger partial charge in [-0.1, -0.05) is 46.3 Å². The Morgan fingerprint density at radius 2 is 2.00 bits per heavy atom. The van der Waals surface area contributed by atoms with Crippen LogP contribution in [0.5, 0.6) is 0 Å². The van der Waals surface area contributed by atoms with Crippen LogP contribution in [-0.2, 0) is 4.74 Å². The summed E-state index contributed by atoms with van der Waals surface area (Å²) in [5, 5.41) is 0. The first kappa shape index (κ1) is 14.4. The number of allylic oxidation sites excluding steroid dienone is 2. The normalized spacial score (nSPS) is 21.1. The van der Waals surface area contributed by atoms with Gasteiger partial charge in [0.15, 0.2) is 6.10 Å². The van der Waals surface area contributed by atoms with E-state index in [1.807, 2.05) is 0 Å². The largest absolute Gasteiger partial charge is 0.482 e. The van der Waals surface area contributed by atoms with Crippen molar-refractivity contribution in [3.05, 3.63) is 11.8 Å². The Labute approximate surface area is 108 Å². The van der Waals surface area contributed by atoms with Crippen LogP contribution in [0, 0.1) is 16.9 Å². The molecule has 0 N–H and O–H groups in total. The summed E-state index contributed by atoms with van der Waals surface area (Å²) in [6.45, 7) is 13.6. The maximum atomic E-state index is 5.97. The van der Waals surface area contributed by atoms with Gasteiger partial charge in [-0.2, -0.15) is 0 Å². The molecule has 0 aliphatic carbocycles. The molecule has 0 aromatic rings. The molecule has 96 valence electrons. The van der Waals surface area contributed by atoms with Gasteiger partial charge in [0.05, 0.1) is 5.76 Å². The van der Waals surface area contributed by atoms with E-state index in [1.165, 1.54) is 0 Å². The maximum Gasteiger partial charge on any atom is 0.158 e. The van der Waals surface area contributed by atoms with Gasteiger partial charge in [0.25, 0.3) is 0 Å². The van der Waals surface area contributed by atoms with Crippen molar-refractivity contribution in [3.8, 4) is 11.5 Å². The minimum Gasteiger partial charge on any atom is -0.482 e. The average molecular weight is 250 g/mol. The third-order valence-electron chi connectivity index (χ3n) is 2.41. The van der Waals surface area contributed by atoms with E-state index in [-0.39, 0.29) is 6.10 Å². The molecule has 0 fully saturated rings. The van der Waals surface area contributed by atoms with E-state index in [9.17, 15) is 0 Å². The quantitative estimate of drug-likeness (QED) is 0.496. The highest BCUT2D eigenvalue weighted by atomic mass is 28.3. The maximum absolute atomic E-state index is 5.97. The molecular weight excluding hydrogens is 224 g/mol. The van der Waals surface area contributed by atoms with E-state index < -0.39 is 8.07 Å². The number of hydrogen-bond acceptors (Lipinski definition) is 1. The SMILES string of the molecule is CC(C)(C)CC1=CCC[C@H](C#C[Si](C)(C)C)O1. The third kappa shape index (κ3) is 6.58.